The first kappa shape index (κ1) is 27.1. The van der Waals surface area contributed by atoms with E-state index in [1.54, 1.807) is 20.8 Å². The number of carbonyl (C=O) groups is 4. The standard InChI is InChI=1S/C28H38O7/c1-8-15(3)12-22(31)35-26-24-17(5)20(29)13-18(16(4)19-10-11-21(30)28(19,26)7)25(24)34-23(32)14-27(6,33)9-2/h10-12,16,18-19,24-26,33H,5,8-9,13-14H2,1-4,6-7H3/b15-12+/t16-,18-,19+,24-,25+,26+,27?,28+/m1/s1. The highest BCUT2D eigenvalue weighted by Gasteiger charge is 2.64. The second-order valence-electron chi connectivity index (χ2n) is 10.9. The summed E-state index contributed by atoms with van der Waals surface area (Å²) in [5, 5.41) is 10.4. The van der Waals surface area contributed by atoms with Crippen molar-refractivity contribution in [2.45, 2.75) is 85.0 Å². The minimum Gasteiger partial charge on any atom is -0.461 e. The van der Waals surface area contributed by atoms with Crippen LogP contribution in [0.3, 0.4) is 0 Å². The fraction of sp³-hybridized carbons (Fsp3) is 0.643. The van der Waals surface area contributed by atoms with Crippen molar-refractivity contribution in [3.05, 3.63) is 36.0 Å². The van der Waals surface area contributed by atoms with E-state index in [0.717, 1.165) is 5.57 Å². The maximum absolute atomic E-state index is 13.3. The van der Waals surface area contributed by atoms with Crippen LogP contribution in [0.4, 0.5) is 0 Å². The number of rotatable bonds is 7. The minimum absolute atomic E-state index is 0.128. The van der Waals surface area contributed by atoms with E-state index in [0.29, 0.717) is 12.8 Å². The van der Waals surface area contributed by atoms with Gasteiger partial charge in [-0.3, -0.25) is 14.4 Å². The quantitative estimate of drug-likeness (QED) is 0.430. The predicted octanol–water partition coefficient (Wildman–Crippen LogP) is 3.89. The molecule has 8 atom stereocenters. The summed E-state index contributed by atoms with van der Waals surface area (Å²) < 4.78 is 12.0. The second-order valence-corrected chi connectivity index (χ2v) is 10.9. The Bertz CT molecular complexity index is 987. The summed E-state index contributed by atoms with van der Waals surface area (Å²) in [4.78, 5) is 52.2. The van der Waals surface area contributed by atoms with Crippen molar-refractivity contribution >= 4 is 23.5 Å². The van der Waals surface area contributed by atoms with E-state index in [1.165, 1.54) is 12.2 Å². The number of Topliss-reactive ketones (excluding diaryl/α,β-unsaturated/α-hetero) is 1. The molecule has 0 heterocycles. The Balaban J connectivity index is 2.10. The number of allylic oxidation sites excluding steroid dienone is 3. The van der Waals surface area contributed by atoms with E-state index in [1.807, 2.05) is 26.8 Å². The van der Waals surface area contributed by atoms with Crippen LogP contribution < -0.4 is 0 Å². The van der Waals surface area contributed by atoms with Gasteiger partial charge in [0.05, 0.1) is 23.4 Å². The number of esters is 2. The van der Waals surface area contributed by atoms with Gasteiger partial charge in [0.15, 0.2) is 11.6 Å². The first-order chi connectivity index (χ1) is 16.3. The van der Waals surface area contributed by atoms with Gasteiger partial charge in [-0.05, 0) is 57.1 Å². The number of fused-ring (bicyclic) bond motifs is 3. The monoisotopic (exact) mass is 486 g/mol. The highest BCUT2D eigenvalue weighted by Crippen LogP contribution is 2.57. The summed E-state index contributed by atoms with van der Waals surface area (Å²) in [6.45, 7) is 14.8. The van der Waals surface area contributed by atoms with Gasteiger partial charge in [-0.2, -0.15) is 0 Å². The molecule has 1 unspecified atom stereocenters. The van der Waals surface area contributed by atoms with E-state index in [9.17, 15) is 24.3 Å². The van der Waals surface area contributed by atoms with Crippen molar-refractivity contribution < 1.29 is 33.8 Å². The number of hydrogen-bond donors (Lipinski definition) is 1. The predicted molar refractivity (Wildman–Crippen MR) is 130 cm³/mol. The smallest absolute Gasteiger partial charge is 0.331 e. The zero-order chi connectivity index (χ0) is 26.3. The van der Waals surface area contributed by atoms with Crippen LogP contribution in [0.5, 0.6) is 0 Å². The third kappa shape index (κ3) is 4.92. The lowest BCUT2D eigenvalue weighted by Gasteiger charge is -2.42. The number of aliphatic hydroxyl groups is 1. The molecule has 0 saturated heterocycles. The van der Waals surface area contributed by atoms with Crippen molar-refractivity contribution in [1.29, 1.82) is 0 Å². The van der Waals surface area contributed by atoms with Crippen LogP contribution in [-0.2, 0) is 28.7 Å². The number of ether oxygens (including phenoxy) is 2. The minimum atomic E-state index is -1.23. The summed E-state index contributed by atoms with van der Waals surface area (Å²) in [6, 6.07) is 0. The fourth-order valence-corrected chi connectivity index (χ4v) is 5.83. The van der Waals surface area contributed by atoms with Crippen molar-refractivity contribution in [3.63, 3.8) is 0 Å². The van der Waals surface area contributed by atoms with Gasteiger partial charge in [-0.25, -0.2) is 4.79 Å². The van der Waals surface area contributed by atoms with Crippen LogP contribution in [-0.4, -0.2) is 46.4 Å². The molecule has 7 nitrogen and oxygen atoms in total. The highest BCUT2D eigenvalue weighted by molar-refractivity contribution is 6.00. The molecule has 2 fully saturated rings. The summed E-state index contributed by atoms with van der Waals surface area (Å²) >= 11 is 0. The molecule has 0 aromatic rings. The summed E-state index contributed by atoms with van der Waals surface area (Å²) in [5.74, 6) is -3.33. The topological polar surface area (TPSA) is 107 Å². The molecular weight excluding hydrogens is 448 g/mol. The van der Waals surface area contributed by atoms with Crippen LogP contribution in [0.2, 0.25) is 0 Å². The maximum Gasteiger partial charge on any atom is 0.331 e. The Morgan fingerprint density at radius 1 is 1.29 bits per heavy atom. The number of hydrogen-bond acceptors (Lipinski definition) is 7. The Kier molecular flexibility index (Phi) is 7.61. The molecule has 0 spiro atoms. The molecule has 0 aromatic carbocycles. The maximum atomic E-state index is 13.3. The lowest BCUT2D eigenvalue weighted by molar-refractivity contribution is -0.173. The van der Waals surface area contributed by atoms with E-state index in [-0.39, 0.29) is 47.7 Å². The van der Waals surface area contributed by atoms with Crippen molar-refractivity contribution in [2.75, 3.05) is 0 Å². The van der Waals surface area contributed by atoms with E-state index in [2.05, 4.69) is 6.58 Å². The molecule has 0 aliphatic heterocycles. The van der Waals surface area contributed by atoms with Gasteiger partial charge in [-0.1, -0.05) is 39.0 Å². The molecule has 2 bridgehead atoms. The Morgan fingerprint density at radius 3 is 2.54 bits per heavy atom. The molecule has 1 N–H and O–H groups in total. The zero-order valence-electron chi connectivity index (χ0n) is 21.6. The molecule has 0 amide bonds. The summed E-state index contributed by atoms with van der Waals surface area (Å²) in [5.41, 5.74) is -1.35. The molecule has 0 aromatic heterocycles. The average molecular weight is 487 g/mol. The van der Waals surface area contributed by atoms with Crippen molar-refractivity contribution in [2.24, 2.45) is 29.1 Å². The lowest BCUT2D eigenvalue weighted by Crippen LogP contribution is -2.53. The summed E-state index contributed by atoms with van der Waals surface area (Å²) in [6.07, 6.45) is 3.83. The number of carbonyl (C=O) groups excluding carboxylic acids is 4. The first-order valence-corrected chi connectivity index (χ1v) is 12.5. The van der Waals surface area contributed by atoms with Crippen LogP contribution >= 0.6 is 0 Å². The van der Waals surface area contributed by atoms with E-state index >= 15 is 0 Å². The van der Waals surface area contributed by atoms with Crippen LogP contribution in [0.15, 0.2) is 36.0 Å². The third-order valence-electron chi connectivity index (χ3n) is 8.51. The molecule has 192 valence electrons. The Labute approximate surface area is 207 Å². The average Bonchev–Trinajstić information content (AvgIpc) is 3.06. The van der Waals surface area contributed by atoms with Crippen LogP contribution in [0.1, 0.15) is 67.2 Å². The molecule has 3 aliphatic rings. The van der Waals surface area contributed by atoms with Crippen LogP contribution in [0.25, 0.3) is 0 Å². The fourth-order valence-electron chi connectivity index (χ4n) is 5.83. The Hall–Kier alpha value is -2.54. The molecule has 2 saturated carbocycles. The molecule has 3 rings (SSSR count). The number of ketones is 2. The molecular formula is C28H38O7. The van der Waals surface area contributed by atoms with Gasteiger partial charge < -0.3 is 14.6 Å². The van der Waals surface area contributed by atoms with Crippen molar-refractivity contribution in [1.82, 2.24) is 0 Å². The van der Waals surface area contributed by atoms with Gasteiger partial charge in [0, 0.05) is 18.4 Å². The molecule has 0 radical (unpaired) electrons. The summed E-state index contributed by atoms with van der Waals surface area (Å²) in [7, 11) is 0. The molecule has 3 aliphatic carbocycles. The Morgan fingerprint density at radius 2 is 1.94 bits per heavy atom. The normalized spacial score (nSPS) is 36.3. The van der Waals surface area contributed by atoms with Gasteiger partial charge in [0.1, 0.15) is 12.2 Å². The highest BCUT2D eigenvalue weighted by atomic mass is 16.6. The largest absolute Gasteiger partial charge is 0.461 e. The lowest BCUT2D eigenvalue weighted by atomic mass is 9.67. The van der Waals surface area contributed by atoms with Gasteiger partial charge in [0.2, 0.25) is 0 Å². The van der Waals surface area contributed by atoms with E-state index < -0.39 is 41.1 Å². The zero-order valence-corrected chi connectivity index (χ0v) is 21.6. The van der Waals surface area contributed by atoms with E-state index in [4.69, 9.17) is 9.47 Å². The van der Waals surface area contributed by atoms with Gasteiger partial charge >= 0.3 is 11.9 Å². The molecule has 35 heavy (non-hydrogen) atoms. The van der Waals surface area contributed by atoms with Gasteiger partial charge in [-0.15, -0.1) is 0 Å². The first-order valence-electron chi connectivity index (χ1n) is 12.5. The van der Waals surface area contributed by atoms with Gasteiger partial charge in [0.25, 0.3) is 0 Å². The van der Waals surface area contributed by atoms with Crippen molar-refractivity contribution in [3.8, 4) is 0 Å². The third-order valence-corrected chi connectivity index (χ3v) is 8.51. The SMILES string of the molecule is C=C1C(=O)C[C@@H]2[C@@H](C)[C@@H]3C=CC(=O)[C@@]3(C)[C@@H](OC(=O)/C=C(\C)CC)[C@H]1[C@H]2OC(=O)CC(C)(O)CC. The van der Waals surface area contributed by atoms with Crippen LogP contribution in [0, 0.1) is 29.1 Å². The second kappa shape index (κ2) is 9.84. The molecule has 7 heteroatoms.